The van der Waals surface area contributed by atoms with Crippen LogP contribution in [0.1, 0.15) is 0 Å². The highest BCUT2D eigenvalue weighted by atomic mass is 32.2. The molecule has 0 aromatic heterocycles. The molecule has 2 nitrogen and oxygen atoms in total. The van der Waals surface area contributed by atoms with E-state index in [1.165, 1.54) is 0 Å². The molecule has 0 aliphatic heterocycles. The number of hydrogen-bond donors (Lipinski definition) is 0. The molecule has 0 aromatic rings. The van der Waals surface area contributed by atoms with Gasteiger partial charge in [-0.25, -0.2) is 0 Å². The highest BCUT2D eigenvalue weighted by Crippen LogP contribution is 1.93. The van der Waals surface area contributed by atoms with Gasteiger partial charge >= 0.3 is 11.5 Å². The van der Waals surface area contributed by atoms with Gasteiger partial charge in [-0.1, -0.05) is 10.5 Å². The highest BCUT2D eigenvalue weighted by molar-refractivity contribution is 7.74. The molecule has 0 spiro atoms. The van der Waals surface area contributed by atoms with E-state index >= 15 is 0 Å². The van der Waals surface area contributed by atoms with E-state index in [9.17, 15) is 8.09 Å². The Balaban J connectivity index is 3.32. The van der Waals surface area contributed by atoms with Gasteiger partial charge < -0.3 is 4.18 Å². The van der Waals surface area contributed by atoms with Gasteiger partial charge in [-0.2, -0.15) is 4.21 Å². The molecule has 0 N–H and O–H groups in total. The molecule has 0 saturated heterocycles. The molecule has 0 aliphatic rings. The van der Waals surface area contributed by atoms with Crippen molar-refractivity contribution in [2.45, 2.75) is 0 Å². The molecular formula is C3H4FO2S. The van der Waals surface area contributed by atoms with Crippen LogP contribution in [0.5, 0.6) is 0 Å². The zero-order valence-corrected chi connectivity index (χ0v) is 4.33. The normalized spacial score (nSPS) is 12.9. The van der Waals surface area contributed by atoms with E-state index in [1.54, 1.807) is 0 Å². The molecule has 0 aromatic carbocycles. The summed E-state index contributed by atoms with van der Waals surface area (Å²) >= 11 is -2.76. The zero-order valence-electron chi connectivity index (χ0n) is 3.52. The minimum Gasteiger partial charge on any atom is -0.382 e. The fraction of sp³-hybridized carbons (Fsp3) is 0. The number of rotatable bonds is 2. The second-order valence-corrected chi connectivity index (χ2v) is 1.37. The first kappa shape index (κ1) is 6.62. The van der Waals surface area contributed by atoms with Crippen LogP contribution in [0.25, 0.3) is 0 Å². The summed E-state index contributed by atoms with van der Waals surface area (Å²) in [7, 11) is 0. The van der Waals surface area contributed by atoms with Crippen LogP contribution in [0.15, 0.2) is 12.3 Å². The molecule has 0 amide bonds. The maximum absolute atomic E-state index is 11.1. The van der Waals surface area contributed by atoms with Crippen molar-refractivity contribution in [2.24, 2.45) is 0 Å². The number of halogens is 1. The Morgan fingerprint density at radius 3 is 2.29 bits per heavy atom. The quantitative estimate of drug-likeness (QED) is 0.402. The van der Waals surface area contributed by atoms with Crippen molar-refractivity contribution in [1.29, 1.82) is 0 Å². The summed E-state index contributed by atoms with van der Waals surface area (Å²) in [6, 6.07) is 0. The maximum Gasteiger partial charge on any atom is 0.400 e. The minimum absolute atomic E-state index is 0.138. The fourth-order valence-corrected chi connectivity index (χ4v) is 0.278. The van der Waals surface area contributed by atoms with E-state index in [0.29, 0.717) is 0 Å². The van der Waals surface area contributed by atoms with E-state index in [2.05, 4.69) is 17.7 Å². The summed E-state index contributed by atoms with van der Waals surface area (Å²) in [5.74, 6) is -0.138. The van der Waals surface area contributed by atoms with E-state index in [4.69, 9.17) is 0 Å². The molecule has 4 heteroatoms. The summed E-state index contributed by atoms with van der Waals surface area (Å²) < 4.78 is 24.2. The third-order valence-electron chi connectivity index (χ3n) is 0.183. The highest BCUT2D eigenvalue weighted by Gasteiger charge is 1.91. The van der Waals surface area contributed by atoms with E-state index in [-0.39, 0.29) is 5.76 Å². The van der Waals surface area contributed by atoms with Crippen LogP contribution in [0, 0.1) is 6.92 Å². The predicted octanol–water partition coefficient (Wildman–Crippen LogP) is 0.899. The van der Waals surface area contributed by atoms with Crippen LogP contribution in [-0.2, 0) is 15.6 Å². The Hall–Kier alpha value is -0.380. The first-order valence-corrected chi connectivity index (χ1v) is 2.37. The van der Waals surface area contributed by atoms with Gasteiger partial charge in [-0.15, -0.1) is 0 Å². The standard InChI is InChI=1S/C3H4FO2S/c1-3(2)6-7(4)5/h1-2H2. The molecule has 0 fully saturated rings. The second kappa shape index (κ2) is 2.74. The van der Waals surface area contributed by atoms with E-state index in [1.807, 2.05) is 0 Å². The minimum atomic E-state index is -2.76. The molecule has 1 unspecified atom stereocenters. The number of allylic oxidation sites excluding steroid dienone is 1. The van der Waals surface area contributed by atoms with Gasteiger partial charge in [0.25, 0.3) is 0 Å². The fourth-order valence-electron chi connectivity index (χ4n) is 0.0927. The molecule has 1 atom stereocenters. The molecular weight excluding hydrogens is 119 g/mol. The lowest BCUT2D eigenvalue weighted by Gasteiger charge is -1.89. The van der Waals surface area contributed by atoms with Crippen molar-refractivity contribution < 1.29 is 12.3 Å². The van der Waals surface area contributed by atoms with Crippen molar-refractivity contribution in [3.63, 3.8) is 0 Å². The second-order valence-electron chi connectivity index (χ2n) is 0.816. The molecule has 0 heterocycles. The zero-order chi connectivity index (χ0) is 5.86. The largest absolute Gasteiger partial charge is 0.400 e. The Bertz CT molecular complexity index is 89.1. The molecule has 41 valence electrons. The van der Waals surface area contributed by atoms with Crippen molar-refractivity contribution in [3.8, 4) is 0 Å². The third-order valence-corrected chi connectivity index (χ3v) is 0.550. The molecule has 0 aliphatic carbocycles. The van der Waals surface area contributed by atoms with Gasteiger partial charge in [-0.3, -0.25) is 0 Å². The first-order chi connectivity index (χ1) is 3.13. The summed E-state index contributed by atoms with van der Waals surface area (Å²) in [6.07, 6.45) is 0. The van der Waals surface area contributed by atoms with Gasteiger partial charge in [-0.05, 0) is 0 Å². The Morgan fingerprint density at radius 1 is 1.86 bits per heavy atom. The van der Waals surface area contributed by atoms with Gasteiger partial charge in [0.05, 0.1) is 0 Å². The summed E-state index contributed by atoms with van der Waals surface area (Å²) in [5, 5.41) is 0. The van der Waals surface area contributed by atoms with Crippen LogP contribution < -0.4 is 0 Å². The summed E-state index contributed by atoms with van der Waals surface area (Å²) in [6.45, 7) is 6.06. The Kier molecular flexibility index (Phi) is 2.59. The van der Waals surface area contributed by atoms with Crippen LogP contribution >= 0.6 is 0 Å². The monoisotopic (exact) mass is 123 g/mol. The Morgan fingerprint density at radius 2 is 2.29 bits per heavy atom. The van der Waals surface area contributed by atoms with Crippen molar-refractivity contribution in [2.75, 3.05) is 0 Å². The smallest absolute Gasteiger partial charge is 0.382 e. The molecule has 0 bridgehead atoms. The summed E-state index contributed by atoms with van der Waals surface area (Å²) in [4.78, 5) is 0. The third kappa shape index (κ3) is 5.62. The van der Waals surface area contributed by atoms with E-state index in [0.717, 1.165) is 0 Å². The van der Waals surface area contributed by atoms with Crippen LogP contribution in [-0.4, -0.2) is 4.21 Å². The average Bonchev–Trinajstić information content (AvgIpc) is 1.27. The van der Waals surface area contributed by atoms with Crippen LogP contribution in [0.2, 0.25) is 0 Å². The van der Waals surface area contributed by atoms with Gasteiger partial charge in [0.1, 0.15) is 5.76 Å². The lowest BCUT2D eigenvalue weighted by molar-refractivity contribution is 0.441. The van der Waals surface area contributed by atoms with Gasteiger partial charge in [0.2, 0.25) is 0 Å². The lowest BCUT2D eigenvalue weighted by Crippen LogP contribution is -1.83. The topological polar surface area (TPSA) is 26.3 Å². The van der Waals surface area contributed by atoms with Crippen molar-refractivity contribution in [3.05, 3.63) is 19.3 Å². The van der Waals surface area contributed by atoms with Gasteiger partial charge in [0.15, 0.2) is 0 Å². The number of hydrogen-bond acceptors (Lipinski definition) is 2. The Labute approximate surface area is 43.9 Å². The van der Waals surface area contributed by atoms with E-state index < -0.39 is 11.5 Å². The molecule has 0 saturated carbocycles. The van der Waals surface area contributed by atoms with Crippen LogP contribution in [0.4, 0.5) is 3.89 Å². The predicted molar refractivity (Wildman–Crippen MR) is 24.8 cm³/mol. The van der Waals surface area contributed by atoms with Crippen LogP contribution in [0.3, 0.4) is 0 Å². The lowest BCUT2D eigenvalue weighted by atomic mass is 10.7. The average molecular weight is 123 g/mol. The molecule has 7 heavy (non-hydrogen) atoms. The molecule has 0 rings (SSSR count). The van der Waals surface area contributed by atoms with Crippen molar-refractivity contribution in [1.82, 2.24) is 0 Å². The first-order valence-electron chi connectivity index (χ1n) is 1.40. The SMILES string of the molecule is [CH2]C(=C)OS(=O)F. The van der Waals surface area contributed by atoms with Gasteiger partial charge in [0, 0.05) is 6.92 Å². The summed E-state index contributed by atoms with van der Waals surface area (Å²) in [5.41, 5.74) is 0. The van der Waals surface area contributed by atoms with Crippen molar-refractivity contribution >= 4 is 11.5 Å². The maximum atomic E-state index is 11.1. The molecule has 1 radical (unpaired) electrons.